The summed E-state index contributed by atoms with van der Waals surface area (Å²) in [7, 11) is 0. The quantitative estimate of drug-likeness (QED) is 0.260. The van der Waals surface area contributed by atoms with Crippen LogP contribution in [0.3, 0.4) is 0 Å². The zero-order valence-corrected chi connectivity index (χ0v) is 23.9. The third kappa shape index (κ3) is 4.80. The van der Waals surface area contributed by atoms with Gasteiger partial charge in [0, 0.05) is 34.0 Å². The second-order valence-electron chi connectivity index (χ2n) is 12.4. The standard InChI is InChI=1S/C36H39N3/c1-23-14-18-25(19-15-23)29-31-34(38-33(29)28-13-9-10-22-37-28)30(26-20-16-24(2)17-21-26)32(27-11-7-6-8-12-27)39-35(31)36(3,4)5/h9-10,13-22,27,38H,6-8,11-12H2,1-5H3. The number of H-pyrrole nitrogens is 1. The lowest BCUT2D eigenvalue weighted by molar-refractivity contribution is 0.435. The predicted molar refractivity (Wildman–Crippen MR) is 164 cm³/mol. The fourth-order valence-corrected chi connectivity index (χ4v) is 6.22. The maximum absolute atomic E-state index is 5.66. The van der Waals surface area contributed by atoms with Crippen molar-refractivity contribution in [3.05, 3.63) is 95.4 Å². The molecule has 1 N–H and O–H groups in total. The zero-order chi connectivity index (χ0) is 27.1. The fraction of sp³-hybridized carbons (Fsp3) is 0.333. The Morgan fingerprint density at radius 3 is 1.92 bits per heavy atom. The van der Waals surface area contributed by atoms with Gasteiger partial charge in [-0.25, -0.2) is 0 Å². The lowest BCUT2D eigenvalue weighted by Gasteiger charge is -2.28. The van der Waals surface area contributed by atoms with Gasteiger partial charge in [0.2, 0.25) is 0 Å². The van der Waals surface area contributed by atoms with E-state index in [1.807, 2.05) is 12.3 Å². The van der Waals surface area contributed by atoms with Crippen LogP contribution in [0, 0.1) is 13.8 Å². The van der Waals surface area contributed by atoms with E-state index in [9.17, 15) is 0 Å². The molecule has 198 valence electrons. The molecular weight excluding hydrogens is 474 g/mol. The molecule has 3 heterocycles. The van der Waals surface area contributed by atoms with Gasteiger partial charge in [0.25, 0.3) is 0 Å². The van der Waals surface area contributed by atoms with Crippen molar-refractivity contribution >= 4 is 10.9 Å². The first-order valence-corrected chi connectivity index (χ1v) is 14.5. The van der Waals surface area contributed by atoms with Crippen LogP contribution < -0.4 is 0 Å². The van der Waals surface area contributed by atoms with E-state index in [1.165, 1.54) is 87.8 Å². The number of fused-ring (bicyclic) bond motifs is 1. The number of aromatic nitrogens is 3. The second kappa shape index (κ2) is 10.1. The van der Waals surface area contributed by atoms with Crippen molar-refractivity contribution in [1.82, 2.24) is 15.0 Å². The van der Waals surface area contributed by atoms with Crippen LogP contribution in [0.1, 0.15) is 81.3 Å². The van der Waals surface area contributed by atoms with Gasteiger partial charge in [-0.2, -0.15) is 0 Å². The summed E-state index contributed by atoms with van der Waals surface area (Å²) in [6, 6.07) is 24.1. The minimum atomic E-state index is -0.128. The number of rotatable bonds is 4. The summed E-state index contributed by atoms with van der Waals surface area (Å²) >= 11 is 0. The van der Waals surface area contributed by atoms with Crippen molar-refractivity contribution in [3.63, 3.8) is 0 Å². The van der Waals surface area contributed by atoms with E-state index in [2.05, 4.69) is 100 Å². The third-order valence-electron chi connectivity index (χ3n) is 8.28. The minimum absolute atomic E-state index is 0.128. The van der Waals surface area contributed by atoms with Crippen molar-refractivity contribution < 1.29 is 0 Å². The lowest BCUT2D eigenvalue weighted by Crippen LogP contribution is -2.18. The van der Waals surface area contributed by atoms with Crippen LogP contribution in [0.4, 0.5) is 0 Å². The van der Waals surface area contributed by atoms with Crippen LogP contribution in [0.5, 0.6) is 0 Å². The van der Waals surface area contributed by atoms with E-state index in [0.29, 0.717) is 5.92 Å². The Hall–Kier alpha value is -3.72. The lowest BCUT2D eigenvalue weighted by atomic mass is 9.80. The van der Waals surface area contributed by atoms with Gasteiger partial charge in [-0.1, -0.05) is 106 Å². The Morgan fingerprint density at radius 1 is 0.744 bits per heavy atom. The summed E-state index contributed by atoms with van der Waals surface area (Å²) in [5.74, 6) is 0.477. The van der Waals surface area contributed by atoms with Crippen molar-refractivity contribution in [1.29, 1.82) is 0 Å². The van der Waals surface area contributed by atoms with Crippen LogP contribution in [-0.2, 0) is 5.41 Å². The van der Waals surface area contributed by atoms with Crippen LogP contribution in [-0.4, -0.2) is 15.0 Å². The highest BCUT2D eigenvalue weighted by atomic mass is 14.8. The Kier molecular flexibility index (Phi) is 6.62. The number of benzene rings is 2. The number of aryl methyl sites for hydroxylation is 2. The molecule has 3 aromatic heterocycles. The molecule has 0 amide bonds. The van der Waals surface area contributed by atoms with Crippen LogP contribution >= 0.6 is 0 Å². The average molecular weight is 514 g/mol. The molecule has 0 spiro atoms. The molecule has 1 saturated carbocycles. The molecule has 0 aliphatic heterocycles. The molecule has 2 aromatic carbocycles. The predicted octanol–water partition coefficient (Wildman–Crippen LogP) is 9.92. The zero-order valence-electron chi connectivity index (χ0n) is 23.9. The monoisotopic (exact) mass is 513 g/mol. The largest absolute Gasteiger partial charge is 0.352 e. The first kappa shape index (κ1) is 25.6. The number of pyridine rings is 2. The van der Waals surface area contributed by atoms with Gasteiger partial charge < -0.3 is 4.98 Å². The van der Waals surface area contributed by atoms with Gasteiger partial charge in [0.05, 0.1) is 28.3 Å². The van der Waals surface area contributed by atoms with Gasteiger partial charge in [-0.3, -0.25) is 9.97 Å². The summed E-state index contributed by atoms with van der Waals surface area (Å²) in [6.07, 6.45) is 8.19. The van der Waals surface area contributed by atoms with E-state index >= 15 is 0 Å². The summed E-state index contributed by atoms with van der Waals surface area (Å²) in [5.41, 5.74) is 12.9. The fourth-order valence-electron chi connectivity index (χ4n) is 6.22. The maximum atomic E-state index is 5.66. The third-order valence-corrected chi connectivity index (χ3v) is 8.28. The van der Waals surface area contributed by atoms with E-state index in [1.54, 1.807) is 0 Å². The number of nitrogens with zero attached hydrogens (tertiary/aromatic N) is 2. The molecule has 1 fully saturated rings. The Labute approximate surface area is 232 Å². The van der Waals surface area contributed by atoms with Crippen LogP contribution in [0.2, 0.25) is 0 Å². The highest BCUT2D eigenvalue weighted by Gasteiger charge is 2.32. The number of aromatic amines is 1. The van der Waals surface area contributed by atoms with Crippen molar-refractivity contribution in [2.24, 2.45) is 0 Å². The number of hydrogen-bond donors (Lipinski definition) is 1. The van der Waals surface area contributed by atoms with Crippen LogP contribution in [0.15, 0.2) is 72.9 Å². The van der Waals surface area contributed by atoms with E-state index in [-0.39, 0.29) is 5.41 Å². The van der Waals surface area contributed by atoms with Crippen molar-refractivity contribution in [3.8, 4) is 33.6 Å². The highest BCUT2D eigenvalue weighted by molar-refractivity contribution is 6.10. The molecule has 3 nitrogen and oxygen atoms in total. The summed E-state index contributed by atoms with van der Waals surface area (Å²) in [5, 5.41) is 1.22. The highest BCUT2D eigenvalue weighted by Crippen LogP contribution is 2.48. The van der Waals surface area contributed by atoms with E-state index in [4.69, 9.17) is 9.97 Å². The first-order valence-electron chi connectivity index (χ1n) is 14.5. The molecule has 39 heavy (non-hydrogen) atoms. The molecule has 0 radical (unpaired) electrons. The molecule has 3 heteroatoms. The SMILES string of the molecule is Cc1ccc(-c2c(C3CCCCC3)nc(C(C)(C)C)c3c(-c4ccc(C)cc4)c(-c4ccccn4)[nH]c23)cc1. The Bertz CT molecular complexity index is 1600. The number of hydrogen-bond acceptors (Lipinski definition) is 2. The van der Waals surface area contributed by atoms with E-state index < -0.39 is 0 Å². The average Bonchev–Trinajstić information content (AvgIpc) is 3.34. The molecule has 5 aromatic rings. The van der Waals surface area contributed by atoms with Gasteiger partial charge in [-0.15, -0.1) is 0 Å². The molecule has 6 rings (SSSR count). The van der Waals surface area contributed by atoms with E-state index in [0.717, 1.165) is 11.4 Å². The molecule has 0 saturated heterocycles. The first-order chi connectivity index (χ1) is 18.8. The molecular formula is C36H39N3. The van der Waals surface area contributed by atoms with Gasteiger partial charge in [0.1, 0.15) is 0 Å². The van der Waals surface area contributed by atoms with Gasteiger partial charge in [0.15, 0.2) is 0 Å². The topological polar surface area (TPSA) is 41.6 Å². The van der Waals surface area contributed by atoms with Gasteiger partial charge in [-0.05, 0) is 49.9 Å². The summed E-state index contributed by atoms with van der Waals surface area (Å²) < 4.78 is 0. The Morgan fingerprint density at radius 2 is 1.36 bits per heavy atom. The summed E-state index contributed by atoms with van der Waals surface area (Å²) in [6.45, 7) is 11.2. The molecule has 1 aliphatic rings. The van der Waals surface area contributed by atoms with Crippen molar-refractivity contribution in [2.45, 2.75) is 78.1 Å². The smallest absolute Gasteiger partial charge is 0.0871 e. The van der Waals surface area contributed by atoms with Crippen LogP contribution in [0.25, 0.3) is 44.5 Å². The normalized spacial score (nSPS) is 14.7. The molecule has 0 atom stereocenters. The second-order valence-corrected chi connectivity index (χ2v) is 12.4. The minimum Gasteiger partial charge on any atom is -0.352 e. The molecule has 0 unspecified atom stereocenters. The van der Waals surface area contributed by atoms with Crippen molar-refractivity contribution in [2.75, 3.05) is 0 Å². The number of nitrogens with one attached hydrogen (secondary N) is 1. The summed E-state index contributed by atoms with van der Waals surface area (Å²) in [4.78, 5) is 14.4. The molecule has 1 aliphatic carbocycles. The molecule has 0 bridgehead atoms. The van der Waals surface area contributed by atoms with Gasteiger partial charge >= 0.3 is 0 Å². The maximum Gasteiger partial charge on any atom is 0.0871 e. The Balaban J connectivity index is 1.78.